The Morgan fingerprint density at radius 3 is 2.95 bits per heavy atom. The number of hydrogen-bond donors (Lipinski definition) is 1. The molecule has 0 atom stereocenters. The van der Waals surface area contributed by atoms with Crippen LogP contribution < -0.4 is 5.73 Å². The van der Waals surface area contributed by atoms with Crippen LogP contribution in [0.4, 0.5) is 5.69 Å². The van der Waals surface area contributed by atoms with Gasteiger partial charge in [-0.2, -0.15) is 4.37 Å². The van der Waals surface area contributed by atoms with E-state index in [-0.39, 0.29) is 0 Å². The molecule has 3 aromatic rings. The van der Waals surface area contributed by atoms with Crippen LogP contribution in [0.1, 0.15) is 5.82 Å². The van der Waals surface area contributed by atoms with Gasteiger partial charge in [-0.25, -0.2) is 4.98 Å². The number of pyridine rings is 1. The molecule has 2 heterocycles. The summed E-state index contributed by atoms with van der Waals surface area (Å²) in [5, 5.41) is 1.02. The van der Waals surface area contributed by atoms with Crippen LogP contribution in [0.3, 0.4) is 0 Å². The standard InChI is InChI=1S/C12H9BrN4S2/c1-6-16-12(19-17-6)18-11-8-4-7(13)2-3-10(8)15-5-9(11)14/h2-5H,14H2,1H3. The molecule has 4 nitrogen and oxygen atoms in total. The molecular formula is C12H9BrN4S2. The van der Waals surface area contributed by atoms with Gasteiger partial charge in [-0.1, -0.05) is 27.7 Å². The first-order chi connectivity index (χ1) is 9.13. The van der Waals surface area contributed by atoms with Crippen molar-refractivity contribution in [1.29, 1.82) is 0 Å². The minimum absolute atomic E-state index is 0.656. The van der Waals surface area contributed by atoms with Gasteiger partial charge in [0.15, 0.2) is 4.34 Å². The number of fused-ring (bicyclic) bond motifs is 1. The molecule has 0 radical (unpaired) electrons. The van der Waals surface area contributed by atoms with E-state index in [0.717, 1.165) is 30.4 Å². The van der Waals surface area contributed by atoms with Gasteiger partial charge in [-0.15, -0.1) is 0 Å². The summed E-state index contributed by atoms with van der Waals surface area (Å²) in [6, 6.07) is 5.96. The second-order valence-electron chi connectivity index (χ2n) is 3.91. The highest BCUT2D eigenvalue weighted by molar-refractivity contribution is 9.10. The molecule has 0 saturated heterocycles. The third kappa shape index (κ3) is 2.58. The van der Waals surface area contributed by atoms with Gasteiger partial charge in [0.1, 0.15) is 5.82 Å². The van der Waals surface area contributed by atoms with Crippen molar-refractivity contribution < 1.29 is 0 Å². The maximum atomic E-state index is 6.05. The van der Waals surface area contributed by atoms with E-state index in [4.69, 9.17) is 5.73 Å². The number of halogens is 1. The number of nitrogens with two attached hydrogens (primary N) is 1. The number of anilines is 1. The summed E-state index contributed by atoms with van der Waals surface area (Å²) in [5.74, 6) is 0.783. The molecule has 96 valence electrons. The van der Waals surface area contributed by atoms with E-state index in [1.165, 1.54) is 23.3 Å². The van der Waals surface area contributed by atoms with Crippen molar-refractivity contribution in [3.63, 3.8) is 0 Å². The lowest BCUT2D eigenvalue weighted by atomic mass is 10.2. The summed E-state index contributed by atoms with van der Waals surface area (Å²) in [6.45, 7) is 1.88. The first-order valence-corrected chi connectivity index (χ1v) is 7.83. The van der Waals surface area contributed by atoms with Gasteiger partial charge in [-0.3, -0.25) is 4.98 Å². The zero-order chi connectivity index (χ0) is 13.4. The van der Waals surface area contributed by atoms with Gasteiger partial charge in [0.2, 0.25) is 0 Å². The highest BCUT2D eigenvalue weighted by Crippen LogP contribution is 2.38. The molecule has 0 aliphatic heterocycles. The fourth-order valence-corrected chi connectivity index (χ4v) is 3.77. The monoisotopic (exact) mass is 352 g/mol. The van der Waals surface area contributed by atoms with Crippen molar-refractivity contribution in [1.82, 2.24) is 14.3 Å². The Morgan fingerprint density at radius 2 is 2.21 bits per heavy atom. The summed E-state index contributed by atoms with van der Waals surface area (Å²) < 4.78 is 6.07. The molecule has 1 aromatic carbocycles. The van der Waals surface area contributed by atoms with Crippen LogP contribution in [0, 0.1) is 6.92 Å². The molecule has 7 heteroatoms. The van der Waals surface area contributed by atoms with E-state index in [2.05, 4.69) is 30.3 Å². The Morgan fingerprint density at radius 1 is 1.37 bits per heavy atom. The van der Waals surface area contributed by atoms with Gasteiger partial charge in [0.05, 0.1) is 17.4 Å². The van der Waals surface area contributed by atoms with Gasteiger partial charge in [-0.05, 0) is 36.7 Å². The minimum atomic E-state index is 0.656. The van der Waals surface area contributed by atoms with E-state index in [1.54, 1.807) is 6.20 Å². The van der Waals surface area contributed by atoms with Gasteiger partial charge in [0, 0.05) is 14.8 Å². The van der Waals surface area contributed by atoms with Crippen LogP contribution >= 0.6 is 39.2 Å². The Balaban J connectivity index is 2.15. The maximum Gasteiger partial charge on any atom is 0.174 e. The van der Waals surface area contributed by atoms with E-state index >= 15 is 0 Å². The van der Waals surface area contributed by atoms with E-state index in [9.17, 15) is 0 Å². The molecule has 2 aromatic heterocycles. The molecule has 0 aliphatic carbocycles. The zero-order valence-corrected chi connectivity index (χ0v) is 13.1. The van der Waals surface area contributed by atoms with Crippen LogP contribution in [0.2, 0.25) is 0 Å². The van der Waals surface area contributed by atoms with Crippen LogP contribution in [-0.4, -0.2) is 14.3 Å². The molecule has 0 amide bonds. The number of aryl methyl sites for hydroxylation is 1. The summed E-state index contributed by atoms with van der Waals surface area (Å²) in [5.41, 5.74) is 7.62. The van der Waals surface area contributed by atoms with E-state index in [0.29, 0.717) is 5.69 Å². The maximum absolute atomic E-state index is 6.05. The smallest absolute Gasteiger partial charge is 0.174 e. The number of nitrogens with zero attached hydrogens (tertiary/aromatic N) is 3. The first kappa shape index (κ1) is 12.8. The van der Waals surface area contributed by atoms with Crippen LogP contribution in [0.15, 0.2) is 38.1 Å². The summed E-state index contributed by atoms with van der Waals surface area (Å²) >= 11 is 6.39. The van der Waals surface area contributed by atoms with Crippen LogP contribution in [-0.2, 0) is 0 Å². The molecule has 0 unspecified atom stereocenters. The Hall–Kier alpha value is -1.18. The third-order valence-electron chi connectivity index (χ3n) is 2.51. The summed E-state index contributed by atoms with van der Waals surface area (Å²) in [6.07, 6.45) is 1.69. The predicted octanol–water partition coefficient (Wildman–Crippen LogP) is 3.89. The quantitative estimate of drug-likeness (QED) is 0.757. The SMILES string of the molecule is Cc1nsc(Sc2c(N)cnc3ccc(Br)cc23)n1. The van der Waals surface area contributed by atoms with E-state index < -0.39 is 0 Å². The van der Waals surface area contributed by atoms with Crippen LogP contribution in [0.25, 0.3) is 10.9 Å². The van der Waals surface area contributed by atoms with Gasteiger partial charge in [0.25, 0.3) is 0 Å². The molecular weight excluding hydrogens is 344 g/mol. The molecule has 0 aliphatic rings. The molecule has 0 bridgehead atoms. The molecule has 0 fully saturated rings. The highest BCUT2D eigenvalue weighted by Gasteiger charge is 2.11. The lowest BCUT2D eigenvalue weighted by Crippen LogP contribution is -1.92. The van der Waals surface area contributed by atoms with Crippen LogP contribution in [0.5, 0.6) is 0 Å². The number of aromatic nitrogens is 3. The van der Waals surface area contributed by atoms with Gasteiger partial charge < -0.3 is 5.73 Å². The zero-order valence-electron chi connectivity index (χ0n) is 9.92. The molecule has 0 spiro atoms. The molecule has 0 saturated carbocycles. The van der Waals surface area contributed by atoms with Crippen molar-refractivity contribution in [3.05, 3.63) is 34.7 Å². The third-order valence-corrected chi connectivity index (χ3v) is 5.00. The number of hydrogen-bond acceptors (Lipinski definition) is 6. The van der Waals surface area contributed by atoms with Crippen molar-refractivity contribution in [3.8, 4) is 0 Å². The Labute approximate surface area is 126 Å². The minimum Gasteiger partial charge on any atom is -0.397 e. The normalized spacial score (nSPS) is 11.1. The summed E-state index contributed by atoms with van der Waals surface area (Å²) in [7, 11) is 0. The lowest BCUT2D eigenvalue weighted by molar-refractivity contribution is 1.10. The second-order valence-corrected chi connectivity index (χ2v) is 6.84. The summed E-state index contributed by atoms with van der Waals surface area (Å²) in [4.78, 5) is 9.67. The molecule has 2 N–H and O–H groups in total. The molecule has 19 heavy (non-hydrogen) atoms. The second kappa shape index (κ2) is 5.07. The van der Waals surface area contributed by atoms with E-state index in [1.807, 2.05) is 25.1 Å². The largest absolute Gasteiger partial charge is 0.397 e. The van der Waals surface area contributed by atoms with Crippen molar-refractivity contribution in [2.75, 3.05) is 5.73 Å². The first-order valence-electron chi connectivity index (χ1n) is 5.45. The number of nitrogen functional groups attached to an aromatic ring is 1. The fraction of sp³-hybridized carbons (Fsp3) is 0.0833. The fourth-order valence-electron chi connectivity index (χ4n) is 1.68. The van der Waals surface area contributed by atoms with Gasteiger partial charge >= 0.3 is 0 Å². The van der Waals surface area contributed by atoms with Crippen molar-refractivity contribution in [2.24, 2.45) is 0 Å². The predicted molar refractivity (Wildman–Crippen MR) is 82.6 cm³/mol. The van der Waals surface area contributed by atoms with Crippen molar-refractivity contribution >= 4 is 55.8 Å². The number of benzene rings is 1. The van der Waals surface area contributed by atoms with Crippen molar-refractivity contribution in [2.45, 2.75) is 16.2 Å². The average Bonchev–Trinajstić information content (AvgIpc) is 2.79. The highest BCUT2D eigenvalue weighted by atomic mass is 79.9. The Kier molecular flexibility index (Phi) is 3.42. The number of rotatable bonds is 2. The molecule has 3 rings (SSSR count). The average molecular weight is 353 g/mol. The topological polar surface area (TPSA) is 64.7 Å². The Bertz CT molecular complexity index is 751. The lowest BCUT2D eigenvalue weighted by Gasteiger charge is -2.07.